The van der Waals surface area contributed by atoms with Crippen LogP contribution in [0.1, 0.15) is 31.4 Å². The van der Waals surface area contributed by atoms with E-state index in [9.17, 15) is 15.2 Å². The predicted octanol–water partition coefficient (Wildman–Crippen LogP) is 2.55. The Bertz CT molecular complexity index is 788. The van der Waals surface area contributed by atoms with Gasteiger partial charge in [0.1, 0.15) is 30.0 Å². The zero-order valence-corrected chi connectivity index (χ0v) is 16.2. The van der Waals surface area contributed by atoms with Crippen LogP contribution in [0.25, 0.3) is 0 Å². The molecule has 0 fully saturated rings. The van der Waals surface area contributed by atoms with Crippen molar-refractivity contribution in [3.63, 3.8) is 0 Å². The number of nitro benzene ring substituents is 1. The Morgan fingerprint density at radius 1 is 1.32 bits per heavy atom. The van der Waals surface area contributed by atoms with Gasteiger partial charge in [-0.1, -0.05) is 0 Å². The lowest BCUT2D eigenvalue weighted by Crippen LogP contribution is -2.39. The fourth-order valence-corrected chi connectivity index (χ4v) is 2.39. The van der Waals surface area contributed by atoms with Crippen LogP contribution in [0.4, 0.5) is 5.69 Å². The van der Waals surface area contributed by atoms with E-state index in [4.69, 9.17) is 9.15 Å². The Labute approximate surface area is 163 Å². The number of aliphatic hydroxyl groups excluding tert-OH is 1. The maximum atomic E-state index is 10.6. The summed E-state index contributed by atoms with van der Waals surface area (Å²) in [5.74, 6) is 2.63. The molecule has 28 heavy (non-hydrogen) atoms. The lowest BCUT2D eigenvalue weighted by atomic mass is 10.2. The highest BCUT2D eigenvalue weighted by Crippen LogP contribution is 2.17. The molecule has 152 valence electrons. The molecule has 2 rings (SSSR count). The number of aliphatic hydroxyl groups is 1. The number of non-ortho nitro benzene ring substituents is 1. The lowest BCUT2D eigenvalue weighted by molar-refractivity contribution is -0.384. The number of furan rings is 1. The van der Waals surface area contributed by atoms with Crippen molar-refractivity contribution in [2.75, 3.05) is 19.7 Å². The Morgan fingerprint density at radius 2 is 2.04 bits per heavy atom. The van der Waals surface area contributed by atoms with E-state index in [-0.39, 0.29) is 24.9 Å². The molecule has 1 aromatic heterocycles. The van der Waals surface area contributed by atoms with Gasteiger partial charge in [0, 0.05) is 18.7 Å². The summed E-state index contributed by atoms with van der Waals surface area (Å²) in [6.45, 7) is 6.62. The third kappa shape index (κ3) is 6.58. The number of hydrogen-bond donors (Lipinski definition) is 3. The van der Waals surface area contributed by atoms with Gasteiger partial charge in [0.25, 0.3) is 5.69 Å². The van der Waals surface area contributed by atoms with E-state index in [1.165, 1.54) is 24.3 Å². The van der Waals surface area contributed by atoms with E-state index in [2.05, 4.69) is 15.6 Å². The highest BCUT2D eigenvalue weighted by Gasteiger charge is 2.12. The van der Waals surface area contributed by atoms with Crippen LogP contribution < -0.4 is 15.4 Å². The molecule has 0 bridgehead atoms. The molecule has 9 heteroatoms. The van der Waals surface area contributed by atoms with E-state index in [1.54, 1.807) is 0 Å². The molecule has 0 spiro atoms. The molecule has 2 aromatic rings. The Morgan fingerprint density at radius 3 is 2.61 bits per heavy atom. The number of rotatable bonds is 9. The number of ether oxygens (including phenoxy) is 1. The first kappa shape index (κ1) is 21.2. The minimum Gasteiger partial charge on any atom is -0.491 e. The van der Waals surface area contributed by atoms with Gasteiger partial charge in [0.15, 0.2) is 5.96 Å². The standard InChI is InChI=1S/C19H26N4O5/c1-4-20-19(22-14(3)18-10-5-13(2)28-18)21-11-16(24)12-27-17-8-6-15(7-9-17)23(25)26/h5-10,14,16,24H,4,11-12H2,1-3H3,(H2,20,21,22). The predicted molar refractivity (Wildman–Crippen MR) is 106 cm³/mol. The molecule has 0 saturated heterocycles. The third-order valence-corrected chi connectivity index (χ3v) is 3.84. The highest BCUT2D eigenvalue weighted by molar-refractivity contribution is 5.80. The molecule has 0 amide bonds. The van der Waals surface area contributed by atoms with Crippen molar-refractivity contribution < 1.29 is 19.2 Å². The number of hydrogen-bond acceptors (Lipinski definition) is 6. The smallest absolute Gasteiger partial charge is 0.269 e. The Kier molecular flexibility index (Phi) is 7.82. The molecular weight excluding hydrogens is 364 g/mol. The normalized spacial score (nSPS) is 13.6. The number of aryl methyl sites for hydroxylation is 1. The van der Waals surface area contributed by atoms with E-state index in [0.717, 1.165) is 11.5 Å². The topological polar surface area (TPSA) is 122 Å². The maximum absolute atomic E-state index is 10.6. The van der Waals surface area contributed by atoms with Gasteiger partial charge in [-0.25, -0.2) is 0 Å². The second-order valence-corrected chi connectivity index (χ2v) is 6.25. The maximum Gasteiger partial charge on any atom is 0.269 e. The summed E-state index contributed by atoms with van der Waals surface area (Å²) in [5.41, 5.74) is -0.0141. The number of nitro groups is 1. The molecule has 2 unspecified atom stereocenters. The summed E-state index contributed by atoms with van der Waals surface area (Å²) < 4.78 is 11.1. The molecule has 2 atom stereocenters. The van der Waals surface area contributed by atoms with Gasteiger partial charge in [-0.2, -0.15) is 0 Å². The van der Waals surface area contributed by atoms with Crippen LogP contribution in [0.5, 0.6) is 5.75 Å². The highest BCUT2D eigenvalue weighted by atomic mass is 16.6. The molecule has 0 saturated carbocycles. The van der Waals surface area contributed by atoms with Crippen molar-refractivity contribution in [1.29, 1.82) is 0 Å². The second-order valence-electron chi connectivity index (χ2n) is 6.25. The first-order valence-corrected chi connectivity index (χ1v) is 9.05. The van der Waals surface area contributed by atoms with Gasteiger partial charge in [-0.05, 0) is 45.0 Å². The quantitative estimate of drug-likeness (QED) is 0.260. The molecular formula is C19H26N4O5. The number of aliphatic imine (C=N–C) groups is 1. The molecule has 0 aliphatic carbocycles. The van der Waals surface area contributed by atoms with Crippen LogP contribution in [0.3, 0.4) is 0 Å². The third-order valence-electron chi connectivity index (χ3n) is 3.84. The van der Waals surface area contributed by atoms with Crippen molar-refractivity contribution in [3.05, 3.63) is 58.0 Å². The number of guanidine groups is 1. The molecule has 1 aromatic carbocycles. The molecule has 0 radical (unpaired) electrons. The van der Waals surface area contributed by atoms with Gasteiger partial charge in [0.05, 0.1) is 17.5 Å². The summed E-state index contributed by atoms with van der Waals surface area (Å²) in [5, 5.41) is 27.1. The van der Waals surface area contributed by atoms with Gasteiger partial charge in [-0.15, -0.1) is 0 Å². The number of nitrogens with one attached hydrogen (secondary N) is 2. The summed E-state index contributed by atoms with van der Waals surface area (Å²) >= 11 is 0. The van der Waals surface area contributed by atoms with E-state index < -0.39 is 11.0 Å². The van der Waals surface area contributed by atoms with E-state index in [1.807, 2.05) is 32.9 Å². The minimum atomic E-state index is -0.827. The van der Waals surface area contributed by atoms with Crippen LogP contribution in [-0.2, 0) is 0 Å². The molecule has 3 N–H and O–H groups in total. The zero-order valence-electron chi connectivity index (χ0n) is 16.2. The van der Waals surface area contributed by atoms with Gasteiger partial charge in [0.2, 0.25) is 0 Å². The number of benzene rings is 1. The Balaban J connectivity index is 1.86. The minimum absolute atomic E-state index is 0.0141. The van der Waals surface area contributed by atoms with Gasteiger partial charge in [-0.3, -0.25) is 15.1 Å². The van der Waals surface area contributed by atoms with Crippen LogP contribution in [0, 0.1) is 17.0 Å². The monoisotopic (exact) mass is 390 g/mol. The Hall–Kier alpha value is -3.07. The van der Waals surface area contributed by atoms with E-state index in [0.29, 0.717) is 18.3 Å². The van der Waals surface area contributed by atoms with Gasteiger partial charge < -0.3 is 24.9 Å². The molecule has 0 aliphatic heterocycles. The molecule has 0 aliphatic rings. The van der Waals surface area contributed by atoms with Crippen LogP contribution in [0.15, 0.2) is 45.8 Å². The fraction of sp³-hybridized carbons (Fsp3) is 0.421. The zero-order chi connectivity index (χ0) is 20.5. The summed E-state index contributed by atoms with van der Waals surface area (Å²) in [7, 11) is 0. The van der Waals surface area contributed by atoms with Crippen molar-refractivity contribution in [2.24, 2.45) is 4.99 Å². The molecule has 9 nitrogen and oxygen atoms in total. The first-order chi connectivity index (χ1) is 13.4. The average molecular weight is 390 g/mol. The van der Waals surface area contributed by atoms with Crippen LogP contribution in [0.2, 0.25) is 0 Å². The average Bonchev–Trinajstić information content (AvgIpc) is 3.11. The van der Waals surface area contributed by atoms with Crippen LogP contribution in [-0.4, -0.2) is 41.8 Å². The summed E-state index contributed by atoms with van der Waals surface area (Å²) in [4.78, 5) is 14.5. The SMILES string of the molecule is CCNC(=NCC(O)COc1ccc([N+](=O)[O-])cc1)NC(C)c1ccc(C)o1. The summed E-state index contributed by atoms with van der Waals surface area (Å²) in [6, 6.07) is 9.41. The number of nitrogens with zero attached hydrogens (tertiary/aromatic N) is 2. The largest absolute Gasteiger partial charge is 0.491 e. The van der Waals surface area contributed by atoms with Crippen molar-refractivity contribution in [2.45, 2.75) is 32.9 Å². The lowest BCUT2D eigenvalue weighted by Gasteiger charge is -2.17. The second kappa shape index (κ2) is 10.3. The fourth-order valence-electron chi connectivity index (χ4n) is 2.39. The summed E-state index contributed by atoms with van der Waals surface area (Å²) in [6.07, 6.45) is -0.827. The molecule has 1 heterocycles. The first-order valence-electron chi connectivity index (χ1n) is 9.05. The van der Waals surface area contributed by atoms with Crippen molar-refractivity contribution in [1.82, 2.24) is 10.6 Å². The van der Waals surface area contributed by atoms with Crippen LogP contribution >= 0.6 is 0 Å². The van der Waals surface area contributed by atoms with E-state index >= 15 is 0 Å². The van der Waals surface area contributed by atoms with Crippen molar-refractivity contribution in [3.8, 4) is 5.75 Å². The van der Waals surface area contributed by atoms with Crippen molar-refractivity contribution >= 4 is 11.6 Å². The van der Waals surface area contributed by atoms with Gasteiger partial charge >= 0.3 is 0 Å².